The minimum atomic E-state index is -2.51. The van der Waals surface area contributed by atoms with Gasteiger partial charge in [0.25, 0.3) is 11.7 Å². The molecule has 1 amide bonds. The highest BCUT2D eigenvalue weighted by Gasteiger charge is 2.56. The zero-order valence-electron chi connectivity index (χ0n) is 36.1. The molecule has 4 aliphatic rings. The number of fused-ring (bicyclic) bond motifs is 3. The number of cyclic esters (lactones) is 1. The average molecular weight is 818 g/mol. The number of Topliss-reactive ketones (excluding diaryl/α,β-unsaturated/α-hetero) is 1. The molecule has 0 aromatic carbocycles. The van der Waals surface area contributed by atoms with Crippen molar-refractivity contribution < 1.29 is 58.2 Å². The fraction of sp³-hybridized carbons (Fsp3) is 0.778. The second-order valence-electron chi connectivity index (χ2n) is 17.8. The number of hydrogen-bond donors (Lipinski definition) is 3. The minimum Gasteiger partial charge on any atom is -0.456 e. The third-order valence-corrected chi connectivity index (χ3v) is 13.3. The molecule has 0 radical (unpaired) electrons. The van der Waals surface area contributed by atoms with E-state index in [2.05, 4.69) is 6.58 Å². The molecular weight excluding hydrogens is 746 g/mol. The Labute approximate surface area is 345 Å². The van der Waals surface area contributed by atoms with Crippen molar-refractivity contribution in [2.45, 2.75) is 166 Å². The highest BCUT2D eigenvalue weighted by atomic mass is 16.7. The van der Waals surface area contributed by atoms with Crippen molar-refractivity contribution in [3.05, 3.63) is 36.0 Å². The van der Waals surface area contributed by atoms with Gasteiger partial charge in [0.1, 0.15) is 24.5 Å². The number of ether oxygens (including phenoxy) is 5. The van der Waals surface area contributed by atoms with Gasteiger partial charge in [-0.25, -0.2) is 4.79 Å². The summed E-state index contributed by atoms with van der Waals surface area (Å²) in [6.07, 6.45) is 6.98. The Bertz CT molecular complexity index is 1500. The normalized spacial score (nSPS) is 41.6. The number of carbonyl (C=O) groups is 4. The van der Waals surface area contributed by atoms with E-state index in [0.29, 0.717) is 63.4 Å². The summed E-state index contributed by atoms with van der Waals surface area (Å²) in [5, 5.41) is 34.3. The van der Waals surface area contributed by atoms with Crippen LogP contribution in [0.2, 0.25) is 0 Å². The third kappa shape index (κ3) is 11.1. The van der Waals surface area contributed by atoms with Crippen LogP contribution in [0.3, 0.4) is 0 Å². The molecule has 1 saturated carbocycles. The smallest absolute Gasteiger partial charge is 0.329 e. The second-order valence-corrected chi connectivity index (χ2v) is 17.8. The van der Waals surface area contributed by atoms with E-state index in [-0.39, 0.29) is 43.7 Å². The first-order chi connectivity index (χ1) is 27.5. The van der Waals surface area contributed by atoms with Crippen LogP contribution in [0.5, 0.6) is 0 Å². The largest absolute Gasteiger partial charge is 0.456 e. The number of rotatable bonds is 8. The summed E-state index contributed by atoms with van der Waals surface area (Å²) in [5.74, 6) is -6.89. The second kappa shape index (κ2) is 21.1. The Morgan fingerprint density at radius 2 is 1.62 bits per heavy atom. The monoisotopic (exact) mass is 817 g/mol. The molecule has 0 aromatic heterocycles. The number of aliphatic hydroxyl groups is 3. The van der Waals surface area contributed by atoms with Crippen LogP contribution in [0.4, 0.5) is 0 Å². The lowest BCUT2D eigenvalue weighted by Crippen LogP contribution is -2.64. The molecule has 2 bridgehead atoms. The van der Waals surface area contributed by atoms with Crippen LogP contribution >= 0.6 is 0 Å². The minimum absolute atomic E-state index is 0.000674. The molecule has 58 heavy (non-hydrogen) atoms. The molecule has 3 heterocycles. The van der Waals surface area contributed by atoms with Crippen molar-refractivity contribution in [2.24, 2.45) is 29.1 Å². The van der Waals surface area contributed by atoms with E-state index in [0.717, 1.165) is 11.9 Å². The van der Waals surface area contributed by atoms with Gasteiger partial charge in [-0.2, -0.15) is 0 Å². The summed E-state index contributed by atoms with van der Waals surface area (Å²) in [5.41, 5.74) is 0.712. The van der Waals surface area contributed by atoms with E-state index in [9.17, 15) is 34.5 Å². The first-order valence-electron chi connectivity index (χ1n) is 21.3. The van der Waals surface area contributed by atoms with Crippen molar-refractivity contribution in [3.8, 4) is 0 Å². The SMILES string of the molecule is C=CC[C@]1(C=O)/C=C(\C)C[C@H](C)C[C@H](OC)[C@H]2O[C@@](O)(C(=O)C(=O)N3CCCC[C@H]3C(=O)O[C@H](/C(C)=C/[C@@H]3CC[C@H](O)[C@H](OC)C3)[C@H](C)[C@@H](O)CC1)[C@H](C)C[C@@H]2OC. The summed E-state index contributed by atoms with van der Waals surface area (Å²) in [6, 6.07) is -1.12. The number of carbonyl (C=O) groups excluding carboxylic acids is 4. The third-order valence-electron chi connectivity index (χ3n) is 13.3. The lowest BCUT2D eigenvalue weighted by atomic mass is 9.76. The number of esters is 1. The lowest BCUT2D eigenvalue weighted by molar-refractivity contribution is -0.302. The molecule has 0 spiro atoms. The molecule has 4 rings (SSSR count). The Balaban J connectivity index is 1.80. The molecule has 1 aliphatic carbocycles. The van der Waals surface area contributed by atoms with Gasteiger partial charge in [-0.3, -0.25) is 9.59 Å². The molecular formula is C45H71NO12. The molecule has 3 N–H and O–H groups in total. The highest BCUT2D eigenvalue weighted by molar-refractivity contribution is 6.39. The summed E-state index contributed by atoms with van der Waals surface area (Å²) < 4.78 is 29.9. The fourth-order valence-electron chi connectivity index (χ4n) is 9.87. The predicted octanol–water partition coefficient (Wildman–Crippen LogP) is 5.03. The fourth-order valence-corrected chi connectivity index (χ4v) is 9.87. The van der Waals surface area contributed by atoms with Crippen molar-refractivity contribution in [2.75, 3.05) is 27.9 Å². The summed E-state index contributed by atoms with van der Waals surface area (Å²) in [4.78, 5) is 57.0. The number of methoxy groups -OCH3 is 3. The molecule has 13 heteroatoms. The van der Waals surface area contributed by atoms with Crippen LogP contribution in [-0.4, -0.2) is 127 Å². The van der Waals surface area contributed by atoms with Gasteiger partial charge >= 0.3 is 5.97 Å². The van der Waals surface area contributed by atoms with Crippen LogP contribution in [0.1, 0.15) is 112 Å². The standard InChI is InChI=1S/C45H71NO12/c1-10-17-44(26-47)18-16-34(48)31(6)39(29(4)22-32-14-15-35(49)36(24-32)54-7)57-43(52)33-13-11-12-19-46(33)42(51)41(50)45(53)30(5)23-38(56-9)40(58-45)37(55-8)21-27(2)20-28(3)25-44/h10,22,25-27,30-40,48-49,53H,1,11-21,23-24H2,2-9H3/b28-25+,29-22+/t27-,30+,31+,32-,33-,34-,35-,36+,37-,38-,39+,40+,44+,45+/m0/s1. The van der Waals surface area contributed by atoms with Crippen molar-refractivity contribution >= 4 is 23.9 Å². The first kappa shape index (κ1) is 47.9. The van der Waals surface area contributed by atoms with Crippen molar-refractivity contribution in [1.82, 2.24) is 4.90 Å². The quantitative estimate of drug-likeness (QED) is 0.129. The summed E-state index contributed by atoms with van der Waals surface area (Å²) >= 11 is 0. The van der Waals surface area contributed by atoms with Crippen LogP contribution in [0.25, 0.3) is 0 Å². The number of ketones is 1. The van der Waals surface area contributed by atoms with Gasteiger partial charge in [0.05, 0.1) is 30.5 Å². The molecule has 3 aliphatic heterocycles. The first-order valence-corrected chi connectivity index (χ1v) is 21.3. The van der Waals surface area contributed by atoms with E-state index in [1.807, 2.05) is 32.9 Å². The Kier molecular flexibility index (Phi) is 17.5. The van der Waals surface area contributed by atoms with E-state index < -0.39 is 83.4 Å². The van der Waals surface area contributed by atoms with Gasteiger partial charge in [0.2, 0.25) is 5.79 Å². The van der Waals surface area contributed by atoms with Gasteiger partial charge in [-0.05, 0) is 108 Å². The Hall–Kier alpha value is -2.78. The molecule has 0 aromatic rings. The van der Waals surface area contributed by atoms with Gasteiger partial charge in [-0.15, -0.1) is 6.58 Å². The number of nitrogens with zero attached hydrogens (tertiary/aromatic N) is 1. The maximum Gasteiger partial charge on any atom is 0.329 e. The highest BCUT2D eigenvalue weighted by Crippen LogP contribution is 2.40. The molecule has 3 fully saturated rings. The summed E-state index contributed by atoms with van der Waals surface area (Å²) in [6.45, 7) is 13.3. The van der Waals surface area contributed by atoms with Gasteiger partial charge in [-0.1, -0.05) is 44.6 Å². The molecule has 13 nitrogen and oxygen atoms in total. The van der Waals surface area contributed by atoms with Gasteiger partial charge in [0.15, 0.2) is 0 Å². The maximum atomic E-state index is 14.4. The number of aliphatic hydroxyl groups excluding tert-OH is 2. The van der Waals surface area contributed by atoms with Crippen LogP contribution in [0, 0.1) is 29.1 Å². The van der Waals surface area contributed by atoms with E-state index >= 15 is 0 Å². The zero-order valence-corrected chi connectivity index (χ0v) is 36.1. The number of amides is 1. The Morgan fingerprint density at radius 3 is 2.26 bits per heavy atom. The van der Waals surface area contributed by atoms with Crippen molar-refractivity contribution in [1.29, 1.82) is 0 Å². The van der Waals surface area contributed by atoms with Crippen LogP contribution < -0.4 is 0 Å². The van der Waals surface area contributed by atoms with E-state index in [1.54, 1.807) is 27.0 Å². The van der Waals surface area contributed by atoms with E-state index in [1.165, 1.54) is 19.1 Å². The Morgan fingerprint density at radius 1 is 0.948 bits per heavy atom. The van der Waals surface area contributed by atoms with Gasteiger partial charge in [0, 0.05) is 45.1 Å². The van der Waals surface area contributed by atoms with Crippen LogP contribution in [0.15, 0.2) is 36.0 Å². The maximum absolute atomic E-state index is 14.4. The van der Waals surface area contributed by atoms with Crippen molar-refractivity contribution in [3.63, 3.8) is 0 Å². The summed E-state index contributed by atoms with van der Waals surface area (Å²) in [7, 11) is 4.62. The van der Waals surface area contributed by atoms with Gasteiger partial charge < -0.3 is 48.7 Å². The molecule has 14 atom stereocenters. The predicted molar refractivity (Wildman–Crippen MR) is 217 cm³/mol. The zero-order chi connectivity index (χ0) is 42.9. The topological polar surface area (TPSA) is 178 Å². The molecule has 2 saturated heterocycles. The number of allylic oxidation sites excluding steroid dienone is 4. The average Bonchev–Trinajstić information content (AvgIpc) is 3.21. The number of piperidine rings is 1. The molecule has 0 unspecified atom stereocenters. The molecule has 328 valence electrons. The number of hydrogen-bond acceptors (Lipinski definition) is 12. The number of aldehydes is 1. The van der Waals surface area contributed by atoms with E-state index in [4.69, 9.17) is 23.7 Å². The van der Waals surface area contributed by atoms with Crippen LogP contribution in [-0.2, 0) is 42.9 Å². The lowest BCUT2D eigenvalue weighted by Gasteiger charge is -2.47.